The minimum Gasteiger partial charge on any atom is -0.417 e. The summed E-state index contributed by atoms with van der Waals surface area (Å²) in [4.78, 5) is 0. The zero-order valence-electron chi connectivity index (χ0n) is 32.0. The highest BCUT2D eigenvalue weighted by molar-refractivity contribution is 6.95. The van der Waals surface area contributed by atoms with Crippen LogP contribution in [0.1, 0.15) is 13.3 Å². The van der Waals surface area contributed by atoms with Crippen LogP contribution < -0.4 is 0 Å². The van der Waals surface area contributed by atoms with Crippen LogP contribution in [0.3, 0.4) is 0 Å². The molecule has 19 heteroatoms. The van der Waals surface area contributed by atoms with Crippen molar-refractivity contribution >= 4 is 85.1 Å². The Morgan fingerprint density at radius 3 is 0.581 bits per heavy atom. The summed E-state index contributed by atoms with van der Waals surface area (Å²) < 4.78 is 63.0. The zero-order chi connectivity index (χ0) is 34.8. The van der Waals surface area contributed by atoms with Gasteiger partial charge in [0.15, 0.2) is 49.9 Å². The number of hydrogen-bond acceptors (Lipinski definition) is 9. The van der Waals surface area contributed by atoms with Gasteiger partial charge in [0.2, 0.25) is 0 Å². The fourth-order valence-electron chi connectivity index (χ4n) is 4.74. The molecule has 259 valence electrons. The van der Waals surface area contributed by atoms with E-state index in [0.717, 1.165) is 0 Å². The Labute approximate surface area is 277 Å². The van der Waals surface area contributed by atoms with Gasteiger partial charge in [-0.1, -0.05) is 6.92 Å². The number of hydrogen-bond donors (Lipinski definition) is 0. The first-order valence-electron chi connectivity index (χ1n) is 15.6. The highest BCUT2D eigenvalue weighted by Gasteiger charge is 2.63. The fourth-order valence-corrected chi connectivity index (χ4v) is 45.6. The quantitative estimate of drug-likeness (QED) is 0.113. The van der Waals surface area contributed by atoms with E-state index in [4.69, 9.17) is 37.0 Å². The molecule has 0 aliphatic rings. The topological polar surface area (TPSA) is 83.1 Å². The van der Waals surface area contributed by atoms with Gasteiger partial charge in [-0.15, -0.1) is 0 Å². The summed E-state index contributed by atoms with van der Waals surface area (Å²) in [6.45, 7) is 46.9. The average molecular weight is 783 g/mol. The van der Waals surface area contributed by atoms with E-state index >= 15 is 0 Å². The first-order chi connectivity index (χ1) is 18.4. The largest absolute Gasteiger partial charge is 0.482 e. The summed E-state index contributed by atoms with van der Waals surface area (Å²) in [5.74, 6) is 0. The maximum Gasteiger partial charge on any atom is 0.482 e. The molecule has 0 aliphatic carbocycles. The fraction of sp³-hybridized carbons (Fsp3) is 0.958. The van der Waals surface area contributed by atoms with Crippen molar-refractivity contribution in [2.24, 2.45) is 0 Å². The van der Waals surface area contributed by atoms with E-state index in [9.17, 15) is 0 Å². The molecule has 0 heterocycles. The Kier molecular flexibility index (Phi) is 15.8. The highest BCUT2D eigenvalue weighted by atomic mass is 28.6. The van der Waals surface area contributed by atoms with Crippen LogP contribution >= 0.6 is 0 Å². The molecule has 43 heavy (non-hydrogen) atoms. The molecule has 0 aromatic rings. The van der Waals surface area contributed by atoms with E-state index < -0.39 is 85.1 Å². The second-order valence-corrected chi connectivity index (χ2v) is 56.9. The van der Waals surface area contributed by atoms with Gasteiger partial charge in [-0.25, -0.2) is 0 Å². The van der Waals surface area contributed by atoms with Gasteiger partial charge in [-0.3, -0.25) is 0 Å². The summed E-state index contributed by atoms with van der Waals surface area (Å²) >= 11 is 0. The standard InChI is InChI=1S/C24H69O9Si10/c1-23-24-43(31-40(20,25-34(2,3)4)26-35(5,6)7,32-41(21,27-36(8,9)10)28-37(11,12)13)33-42(22,29-38(14,15)16)30-39(17,18)19/h24H,23H2,1-22H3. The Morgan fingerprint density at radius 2 is 0.465 bits per heavy atom. The average Bonchev–Trinajstić information content (AvgIpc) is 2.48. The number of rotatable bonds is 20. The predicted octanol–water partition coefficient (Wildman–Crippen LogP) is 8.94. The summed E-state index contributed by atoms with van der Waals surface area (Å²) in [6, 6.07) is 2.05. The lowest BCUT2D eigenvalue weighted by Crippen LogP contribution is -2.71. The third-order valence-corrected chi connectivity index (χ3v) is 36.8. The molecule has 0 atom stereocenters. The van der Waals surface area contributed by atoms with Crippen molar-refractivity contribution in [3.8, 4) is 0 Å². The summed E-state index contributed by atoms with van der Waals surface area (Å²) in [5.41, 5.74) is 0. The maximum atomic E-state index is 7.28. The SMILES string of the molecule is CC[CH][Si](O[Si](C)(O[Si](C)(C)C)O[Si](C)(C)C)(O[Si](C)(O[Si](C)(C)C)O[Si](C)(C)C)O[Si](C)(O[Si](C)(C)C)O[Si](C)(C)C. The van der Waals surface area contributed by atoms with Crippen LogP contribution in [-0.2, 0) is 37.0 Å². The van der Waals surface area contributed by atoms with E-state index in [1.165, 1.54) is 0 Å². The van der Waals surface area contributed by atoms with Crippen LogP contribution in [0.25, 0.3) is 0 Å². The molecule has 0 amide bonds. The van der Waals surface area contributed by atoms with Crippen molar-refractivity contribution in [1.29, 1.82) is 0 Å². The first-order valence-corrected chi connectivity index (χ1v) is 44.5. The minimum absolute atomic E-state index is 0.644. The lowest BCUT2D eigenvalue weighted by Gasteiger charge is -2.49. The second kappa shape index (κ2) is 15.1. The van der Waals surface area contributed by atoms with E-state index in [1.54, 1.807) is 0 Å². The monoisotopic (exact) mass is 781 g/mol. The molecule has 0 rings (SSSR count). The third kappa shape index (κ3) is 21.4. The molecular weight excluding hydrogens is 713 g/mol. The van der Waals surface area contributed by atoms with Crippen molar-refractivity contribution < 1.29 is 37.0 Å². The summed E-state index contributed by atoms with van der Waals surface area (Å²) in [5, 5.41) is 0. The van der Waals surface area contributed by atoms with Crippen LogP contribution in [-0.4, -0.2) is 85.1 Å². The molecule has 0 unspecified atom stereocenters. The van der Waals surface area contributed by atoms with Crippen LogP contribution in [0.15, 0.2) is 0 Å². The van der Waals surface area contributed by atoms with Gasteiger partial charge in [-0.05, 0) is 124 Å². The smallest absolute Gasteiger partial charge is 0.417 e. The second-order valence-electron chi connectivity index (χ2n) is 17.4. The normalized spacial score (nSPS) is 15.8. The molecule has 0 aliphatic heterocycles. The van der Waals surface area contributed by atoms with Crippen LogP contribution in [0.4, 0.5) is 0 Å². The van der Waals surface area contributed by atoms with Crippen molar-refractivity contribution in [3.05, 3.63) is 6.04 Å². The molecule has 0 saturated carbocycles. The maximum absolute atomic E-state index is 7.28. The molecule has 0 N–H and O–H groups in total. The van der Waals surface area contributed by atoms with Crippen LogP contribution in [0.2, 0.25) is 137 Å². The lowest BCUT2D eigenvalue weighted by molar-refractivity contribution is 0.126. The predicted molar refractivity (Wildman–Crippen MR) is 205 cm³/mol. The third-order valence-electron chi connectivity index (χ3n) is 4.39. The minimum atomic E-state index is -3.86. The van der Waals surface area contributed by atoms with Crippen molar-refractivity contribution in [2.75, 3.05) is 0 Å². The highest BCUT2D eigenvalue weighted by Crippen LogP contribution is 2.36. The van der Waals surface area contributed by atoms with E-state index in [2.05, 4.69) is 131 Å². The Bertz CT molecular complexity index is 714. The van der Waals surface area contributed by atoms with Gasteiger partial charge in [0.25, 0.3) is 0 Å². The molecule has 0 fully saturated rings. The summed E-state index contributed by atoms with van der Waals surface area (Å²) in [6.07, 6.45) is 0.644. The van der Waals surface area contributed by atoms with Gasteiger partial charge in [0.1, 0.15) is 0 Å². The van der Waals surface area contributed by atoms with E-state index in [1.807, 2.05) is 19.6 Å². The molecular formula is C24H69O9Si10. The molecule has 0 saturated heterocycles. The van der Waals surface area contributed by atoms with Crippen molar-refractivity contribution in [3.63, 3.8) is 0 Å². The summed E-state index contributed by atoms with van der Waals surface area (Å²) in [7, 11) is -26.7. The van der Waals surface area contributed by atoms with Crippen LogP contribution in [0, 0.1) is 6.04 Å². The zero-order valence-corrected chi connectivity index (χ0v) is 42.0. The Hall–Kier alpha value is 1.81. The van der Waals surface area contributed by atoms with Gasteiger partial charge in [-0.2, -0.15) is 0 Å². The van der Waals surface area contributed by atoms with Gasteiger partial charge >= 0.3 is 35.2 Å². The van der Waals surface area contributed by atoms with E-state index in [0.29, 0.717) is 6.42 Å². The molecule has 0 bridgehead atoms. The molecule has 0 aromatic heterocycles. The first kappa shape index (κ1) is 44.8. The van der Waals surface area contributed by atoms with Crippen LogP contribution in [0.5, 0.6) is 0 Å². The Balaban J connectivity index is 7.62. The molecule has 0 aromatic carbocycles. The van der Waals surface area contributed by atoms with Gasteiger partial charge in [0.05, 0.1) is 0 Å². The lowest BCUT2D eigenvalue weighted by atomic mass is 10.6. The molecule has 0 spiro atoms. The van der Waals surface area contributed by atoms with Crippen molar-refractivity contribution in [2.45, 2.75) is 151 Å². The molecule has 1 radical (unpaired) electrons. The van der Waals surface area contributed by atoms with Gasteiger partial charge < -0.3 is 37.0 Å². The molecule has 9 nitrogen and oxygen atoms in total. The van der Waals surface area contributed by atoms with Crippen molar-refractivity contribution in [1.82, 2.24) is 0 Å². The Morgan fingerprint density at radius 1 is 0.302 bits per heavy atom. The van der Waals surface area contributed by atoms with Gasteiger partial charge in [0, 0.05) is 25.7 Å². The van der Waals surface area contributed by atoms with E-state index in [-0.39, 0.29) is 0 Å².